The van der Waals surface area contributed by atoms with E-state index in [0.29, 0.717) is 23.8 Å². The number of hydrogen-bond acceptors (Lipinski definition) is 6. The van der Waals surface area contributed by atoms with Crippen LogP contribution in [0.1, 0.15) is 35.6 Å². The maximum Gasteiger partial charge on any atom is 0.286 e. The predicted molar refractivity (Wildman–Crippen MR) is 125 cm³/mol. The highest BCUT2D eigenvalue weighted by molar-refractivity contribution is 7.90. The molecule has 0 aliphatic carbocycles. The topological polar surface area (TPSA) is 91.7 Å². The first-order chi connectivity index (χ1) is 14.8. The number of benzene rings is 2. The van der Waals surface area contributed by atoms with E-state index in [1.165, 1.54) is 6.07 Å². The molecule has 0 fully saturated rings. The third kappa shape index (κ3) is 4.24. The van der Waals surface area contributed by atoms with Crippen molar-refractivity contribution >= 4 is 44.5 Å². The average molecular weight is 455 g/mol. The van der Waals surface area contributed by atoms with Crippen molar-refractivity contribution in [1.82, 2.24) is 4.98 Å². The SMILES string of the molecule is CCCN1C(C)=NS(=O)(=O)c2cc(C(=O)Nc3cccc(-c4csc(C)n4)c3)ccc21. The van der Waals surface area contributed by atoms with Crippen molar-refractivity contribution < 1.29 is 13.2 Å². The van der Waals surface area contributed by atoms with Gasteiger partial charge in [-0.05, 0) is 50.6 Å². The standard InChI is InChI=1S/C22H22N4O3S2/c1-4-10-26-14(2)25-31(28,29)21-12-17(8-9-20(21)26)22(27)24-18-7-5-6-16(11-18)19-13-30-15(3)23-19/h5-9,11-13H,4,10H2,1-3H3,(H,24,27). The number of anilines is 2. The monoisotopic (exact) mass is 454 g/mol. The van der Waals surface area contributed by atoms with Crippen LogP contribution in [0.2, 0.25) is 0 Å². The third-order valence-corrected chi connectivity index (χ3v) is 7.08. The Morgan fingerprint density at radius 3 is 2.68 bits per heavy atom. The Bertz CT molecular complexity index is 1300. The number of aromatic nitrogens is 1. The molecular weight excluding hydrogens is 432 g/mol. The van der Waals surface area contributed by atoms with Gasteiger partial charge in [-0.1, -0.05) is 19.1 Å². The molecule has 0 atom stereocenters. The van der Waals surface area contributed by atoms with Gasteiger partial charge in [0.2, 0.25) is 0 Å². The molecule has 160 valence electrons. The summed E-state index contributed by atoms with van der Waals surface area (Å²) in [4.78, 5) is 19.2. The summed E-state index contributed by atoms with van der Waals surface area (Å²) in [6, 6.07) is 12.1. The van der Waals surface area contributed by atoms with Gasteiger partial charge in [0.1, 0.15) is 10.7 Å². The van der Waals surface area contributed by atoms with Crippen LogP contribution in [0.3, 0.4) is 0 Å². The highest BCUT2D eigenvalue weighted by Crippen LogP contribution is 2.33. The zero-order valence-corrected chi connectivity index (χ0v) is 19.0. The predicted octanol–water partition coefficient (Wildman–Crippen LogP) is 4.71. The summed E-state index contributed by atoms with van der Waals surface area (Å²) in [5, 5.41) is 5.78. The highest BCUT2D eigenvalue weighted by atomic mass is 32.2. The van der Waals surface area contributed by atoms with Gasteiger partial charge in [-0.2, -0.15) is 8.42 Å². The molecule has 2 aromatic carbocycles. The molecule has 0 spiro atoms. The summed E-state index contributed by atoms with van der Waals surface area (Å²) >= 11 is 1.56. The van der Waals surface area contributed by atoms with Gasteiger partial charge in [0.15, 0.2) is 0 Å². The molecule has 0 saturated heterocycles. The molecule has 9 heteroatoms. The van der Waals surface area contributed by atoms with Crippen LogP contribution in [0.5, 0.6) is 0 Å². The van der Waals surface area contributed by atoms with Crippen molar-refractivity contribution in [1.29, 1.82) is 0 Å². The fourth-order valence-electron chi connectivity index (χ4n) is 3.49. The van der Waals surface area contributed by atoms with Crippen LogP contribution in [0.25, 0.3) is 11.3 Å². The molecule has 1 aliphatic heterocycles. The molecule has 4 rings (SSSR count). The molecule has 7 nitrogen and oxygen atoms in total. The Labute approximate surface area is 185 Å². The number of amidine groups is 1. The number of aryl methyl sites for hydroxylation is 1. The molecule has 1 aromatic heterocycles. The van der Waals surface area contributed by atoms with Crippen LogP contribution in [0.15, 0.2) is 57.1 Å². The molecule has 0 saturated carbocycles. The molecule has 0 radical (unpaired) electrons. The first-order valence-corrected chi connectivity index (χ1v) is 12.2. The molecule has 1 amide bonds. The number of hydrogen-bond donors (Lipinski definition) is 1. The number of rotatable bonds is 5. The minimum absolute atomic E-state index is 0.0471. The van der Waals surface area contributed by atoms with E-state index in [-0.39, 0.29) is 10.5 Å². The van der Waals surface area contributed by atoms with E-state index in [1.807, 2.05) is 42.3 Å². The summed E-state index contributed by atoms with van der Waals surface area (Å²) < 4.78 is 29.1. The fraction of sp³-hybridized carbons (Fsp3) is 0.227. The zero-order chi connectivity index (χ0) is 22.2. The number of fused-ring (bicyclic) bond motifs is 1. The second-order valence-corrected chi connectivity index (χ2v) is 9.87. The van der Waals surface area contributed by atoms with E-state index in [1.54, 1.807) is 36.5 Å². The maximum atomic E-state index is 12.9. The molecule has 1 aliphatic rings. The van der Waals surface area contributed by atoms with Crippen LogP contribution in [0, 0.1) is 6.92 Å². The number of thiazole rings is 1. The van der Waals surface area contributed by atoms with Crippen LogP contribution in [-0.4, -0.2) is 31.7 Å². The van der Waals surface area contributed by atoms with Crippen molar-refractivity contribution in [2.24, 2.45) is 4.40 Å². The van der Waals surface area contributed by atoms with Gasteiger partial charge in [0.05, 0.1) is 16.4 Å². The van der Waals surface area contributed by atoms with Gasteiger partial charge < -0.3 is 10.2 Å². The van der Waals surface area contributed by atoms with Crippen molar-refractivity contribution in [3.63, 3.8) is 0 Å². The normalized spacial score (nSPS) is 14.7. The second kappa shape index (κ2) is 8.24. The number of nitrogens with zero attached hydrogens (tertiary/aromatic N) is 3. The smallest absolute Gasteiger partial charge is 0.286 e. The van der Waals surface area contributed by atoms with Gasteiger partial charge in [-0.15, -0.1) is 15.7 Å². The number of amides is 1. The van der Waals surface area contributed by atoms with E-state index in [4.69, 9.17) is 0 Å². The maximum absolute atomic E-state index is 12.9. The molecule has 1 N–H and O–H groups in total. The van der Waals surface area contributed by atoms with Crippen molar-refractivity contribution in [3.8, 4) is 11.3 Å². The Morgan fingerprint density at radius 2 is 1.97 bits per heavy atom. The van der Waals surface area contributed by atoms with Gasteiger partial charge in [-0.3, -0.25) is 4.79 Å². The number of carbonyl (C=O) groups is 1. The first-order valence-electron chi connectivity index (χ1n) is 9.85. The van der Waals surface area contributed by atoms with E-state index >= 15 is 0 Å². The van der Waals surface area contributed by atoms with Gasteiger partial charge in [-0.25, -0.2) is 4.98 Å². The zero-order valence-electron chi connectivity index (χ0n) is 17.4. The second-order valence-electron chi connectivity index (χ2n) is 7.23. The van der Waals surface area contributed by atoms with Crippen LogP contribution < -0.4 is 10.2 Å². The minimum Gasteiger partial charge on any atom is -0.328 e. The van der Waals surface area contributed by atoms with Crippen molar-refractivity contribution in [2.75, 3.05) is 16.8 Å². The Kier molecular flexibility index (Phi) is 5.63. The van der Waals surface area contributed by atoms with Crippen LogP contribution in [-0.2, 0) is 10.0 Å². The lowest BCUT2D eigenvalue weighted by Gasteiger charge is -2.29. The molecule has 2 heterocycles. The minimum atomic E-state index is -3.85. The fourth-order valence-corrected chi connectivity index (χ4v) is 5.38. The third-order valence-electron chi connectivity index (χ3n) is 4.92. The average Bonchev–Trinajstić information content (AvgIpc) is 3.17. The van der Waals surface area contributed by atoms with E-state index in [0.717, 1.165) is 22.7 Å². The van der Waals surface area contributed by atoms with Crippen molar-refractivity contribution in [2.45, 2.75) is 32.1 Å². The van der Waals surface area contributed by atoms with E-state index < -0.39 is 15.9 Å². The molecule has 0 bridgehead atoms. The number of sulfonamides is 1. The first kappa shape index (κ1) is 21.2. The summed E-state index contributed by atoms with van der Waals surface area (Å²) in [7, 11) is -3.85. The van der Waals surface area contributed by atoms with Gasteiger partial charge in [0.25, 0.3) is 15.9 Å². The number of carbonyl (C=O) groups excluding carboxylic acids is 1. The Hall–Kier alpha value is -3.04. The summed E-state index contributed by atoms with van der Waals surface area (Å²) in [5.41, 5.74) is 3.16. The Morgan fingerprint density at radius 1 is 1.16 bits per heavy atom. The molecular formula is C22H22N4O3S2. The summed E-state index contributed by atoms with van der Waals surface area (Å²) in [6.45, 7) is 6.27. The van der Waals surface area contributed by atoms with Gasteiger partial charge in [0, 0.05) is 28.7 Å². The molecule has 31 heavy (non-hydrogen) atoms. The van der Waals surface area contributed by atoms with E-state index in [2.05, 4.69) is 14.7 Å². The lowest BCUT2D eigenvalue weighted by Crippen LogP contribution is -2.34. The van der Waals surface area contributed by atoms with Crippen LogP contribution >= 0.6 is 11.3 Å². The molecule has 3 aromatic rings. The Balaban J connectivity index is 1.63. The lowest BCUT2D eigenvalue weighted by atomic mass is 10.1. The van der Waals surface area contributed by atoms with E-state index in [9.17, 15) is 13.2 Å². The largest absolute Gasteiger partial charge is 0.328 e. The van der Waals surface area contributed by atoms with Gasteiger partial charge >= 0.3 is 0 Å². The van der Waals surface area contributed by atoms with Crippen LogP contribution in [0.4, 0.5) is 11.4 Å². The summed E-state index contributed by atoms with van der Waals surface area (Å²) in [5.74, 6) is 0.0403. The number of nitrogens with one attached hydrogen (secondary N) is 1. The lowest BCUT2D eigenvalue weighted by molar-refractivity contribution is 0.102. The quantitative estimate of drug-likeness (QED) is 0.603. The highest BCUT2D eigenvalue weighted by Gasteiger charge is 2.29. The molecule has 0 unspecified atom stereocenters. The summed E-state index contributed by atoms with van der Waals surface area (Å²) in [6.07, 6.45) is 0.837. The van der Waals surface area contributed by atoms with Crippen molar-refractivity contribution in [3.05, 3.63) is 58.4 Å².